The van der Waals surface area contributed by atoms with Crippen molar-refractivity contribution in [1.82, 2.24) is 0 Å². The van der Waals surface area contributed by atoms with Crippen LogP contribution >= 0.6 is 0 Å². The van der Waals surface area contributed by atoms with Crippen LogP contribution < -0.4 is 9.47 Å². The van der Waals surface area contributed by atoms with Crippen LogP contribution in [0.1, 0.15) is 63.1 Å². The lowest BCUT2D eigenvalue weighted by Gasteiger charge is -2.11. The molecule has 0 heterocycles. The van der Waals surface area contributed by atoms with Gasteiger partial charge in [-0.1, -0.05) is 25.3 Å². The smallest absolute Gasteiger partial charge is 0.338 e. The lowest BCUT2D eigenvalue weighted by atomic mass is 10.0. The zero-order chi connectivity index (χ0) is 36.0. The highest BCUT2D eigenvalue weighted by molar-refractivity contribution is 5.90. The van der Waals surface area contributed by atoms with Gasteiger partial charge in [0.25, 0.3) is 0 Å². The highest BCUT2D eigenvalue weighted by Gasteiger charge is 2.11. The first-order valence-corrected chi connectivity index (χ1v) is 16.3. The number of esters is 4. The summed E-state index contributed by atoms with van der Waals surface area (Å²) in [6.45, 7) is 8.51. The summed E-state index contributed by atoms with van der Waals surface area (Å²) < 4.78 is 32.1. The number of hydrogen-bond donors (Lipinski definition) is 1. The quantitative estimate of drug-likeness (QED) is 0.0399. The predicted octanol–water partition coefficient (Wildman–Crippen LogP) is 6.26. The van der Waals surface area contributed by atoms with Crippen molar-refractivity contribution in [2.24, 2.45) is 0 Å². The number of unbranched alkanes of at least 4 members (excludes halogenated alkanes) is 2. The summed E-state index contributed by atoms with van der Waals surface area (Å²) in [6, 6.07) is 19.0. The number of hydrogen-bond acceptors (Lipinski definition) is 11. The molecule has 0 aliphatic heterocycles. The number of carbonyl (C=O) groups is 4. The molecule has 0 atom stereocenters. The maximum Gasteiger partial charge on any atom is 0.338 e. The molecule has 0 saturated heterocycles. The van der Waals surface area contributed by atoms with E-state index in [1.807, 2.05) is 18.2 Å². The largest absolute Gasteiger partial charge is 0.494 e. The van der Waals surface area contributed by atoms with Gasteiger partial charge in [-0.25, -0.2) is 19.2 Å². The molecule has 3 aromatic rings. The molecular weight excluding hydrogens is 642 g/mol. The molecule has 3 aromatic carbocycles. The van der Waals surface area contributed by atoms with Gasteiger partial charge in [-0.2, -0.15) is 0 Å². The van der Waals surface area contributed by atoms with Crippen molar-refractivity contribution in [2.45, 2.75) is 38.5 Å². The van der Waals surface area contributed by atoms with Gasteiger partial charge in [0.2, 0.25) is 0 Å². The fourth-order valence-electron chi connectivity index (χ4n) is 4.47. The van der Waals surface area contributed by atoms with Crippen LogP contribution in [0.2, 0.25) is 0 Å². The van der Waals surface area contributed by atoms with E-state index in [2.05, 4.69) is 13.2 Å². The molecule has 1 N–H and O–H groups in total. The predicted molar refractivity (Wildman–Crippen MR) is 187 cm³/mol. The zero-order valence-electron chi connectivity index (χ0n) is 28.1. The van der Waals surface area contributed by atoms with E-state index in [0.717, 1.165) is 23.3 Å². The topological polar surface area (TPSA) is 148 Å². The van der Waals surface area contributed by atoms with Gasteiger partial charge in [-0.15, -0.1) is 0 Å². The Labute approximate surface area is 292 Å². The van der Waals surface area contributed by atoms with Crippen LogP contribution in [0.5, 0.6) is 11.5 Å². The van der Waals surface area contributed by atoms with E-state index in [-0.39, 0.29) is 13.2 Å². The molecule has 0 aliphatic rings. The van der Waals surface area contributed by atoms with Crippen molar-refractivity contribution in [3.05, 3.63) is 120 Å². The molecule has 0 saturated carbocycles. The number of ether oxygens (including phenoxy) is 6. The second-order valence-corrected chi connectivity index (χ2v) is 10.9. The molecule has 3 rings (SSSR count). The molecule has 0 aromatic heterocycles. The minimum absolute atomic E-state index is 0.141. The first kappa shape index (κ1) is 38.7. The van der Waals surface area contributed by atoms with Crippen molar-refractivity contribution in [3.8, 4) is 11.5 Å². The average Bonchev–Trinajstić information content (AvgIpc) is 3.14. The van der Waals surface area contributed by atoms with Gasteiger partial charge in [0.15, 0.2) is 0 Å². The second kappa shape index (κ2) is 22.0. The third-order valence-electron chi connectivity index (χ3n) is 7.21. The third-order valence-corrected chi connectivity index (χ3v) is 7.21. The average molecular weight is 686 g/mol. The Bertz CT molecular complexity index is 1580. The number of benzene rings is 3. The maximum absolute atomic E-state index is 12.5. The summed E-state index contributed by atoms with van der Waals surface area (Å²) >= 11 is 0. The van der Waals surface area contributed by atoms with Crippen LogP contribution in [0.3, 0.4) is 0 Å². The monoisotopic (exact) mass is 685 g/mol. The minimum atomic E-state index is -0.460. The van der Waals surface area contributed by atoms with Gasteiger partial charge in [0, 0.05) is 31.2 Å². The van der Waals surface area contributed by atoms with E-state index in [0.29, 0.717) is 93.1 Å². The lowest BCUT2D eigenvalue weighted by molar-refractivity contribution is -0.138. The van der Waals surface area contributed by atoms with Crippen LogP contribution in [0.25, 0.3) is 0 Å². The highest BCUT2D eigenvalue weighted by Crippen LogP contribution is 2.17. The first-order chi connectivity index (χ1) is 24.3. The van der Waals surface area contributed by atoms with E-state index >= 15 is 0 Å². The van der Waals surface area contributed by atoms with E-state index < -0.39 is 23.9 Å². The Morgan fingerprint density at radius 2 is 1.02 bits per heavy atom. The Morgan fingerprint density at radius 3 is 1.48 bits per heavy atom. The molecule has 0 unspecified atom stereocenters. The summed E-state index contributed by atoms with van der Waals surface area (Å²) in [7, 11) is 0. The number of rotatable bonds is 23. The molecule has 11 nitrogen and oxygen atoms in total. The van der Waals surface area contributed by atoms with Crippen LogP contribution in [-0.2, 0) is 41.4 Å². The van der Waals surface area contributed by atoms with Crippen molar-refractivity contribution in [3.63, 3.8) is 0 Å². The normalized spacial score (nSPS) is 10.3. The van der Waals surface area contributed by atoms with Crippen LogP contribution in [0.15, 0.2) is 92.0 Å². The molecule has 0 spiro atoms. The molecular formula is C39H43NO10. The Morgan fingerprint density at radius 1 is 0.560 bits per heavy atom. The second-order valence-electron chi connectivity index (χ2n) is 10.9. The standard InChI is InChI=1S/C39H43NO10/c1-3-36(41)47-23-7-5-21-45-34-15-11-31(12-16-34)38(43)49-25-19-29-9-10-30(33(27-29)28-40)20-26-50-39(44)32-13-17-35(18-14-32)46-22-6-8-24-48-37(42)4-2/h3-4,9-18,27-28,40H,1-2,5-8,19-26H2. The first-order valence-electron chi connectivity index (χ1n) is 16.3. The van der Waals surface area contributed by atoms with Gasteiger partial charge in [0.05, 0.1) is 50.8 Å². The van der Waals surface area contributed by atoms with Crippen molar-refractivity contribution >= 4 is 30.1 Å². The highest BCUT2D eigenvalue weighted by atomic mass is 16.5. The number of carbonyl (C=O) groups excluding carboxylic acids is 4. The lowest BCUT2D eigenvalue weighted by Crippen LogP contribution is -2.10. The van der Waals surface area contributed by atoms with E-state index in [4.69, 9.17) is 33.8 Å². The fourth-order valence-corrected chi connectivity index (χ4v) is 4.47. The van der Waals surface area contributed by atoms with Gasteiger partial charge in [0.1, 0.15) is 11.5 Å². The Balaban J connectivity index is 1.34. The fraction of sp³-hybridized carbons (Fsp3) is 0.308. The molecule has 264 valence electrons. The minimum Gasteiger partial charge on any atom is -0.494 e. The molecule has 50 heavy (non-hydrogen) atoms. The van der Waals surface area contributed by atoms with Gasteiger partial charge < -0.3 is 33.8 Å². The summed E-state index contributed by atoms with van der Waals surface area (Å²) in [6.07, 6.45) is 7.14. The molecule has 0 amide bonds. The summed E-state index contributed by atoms with van der Waals surface area (Å²) in [5, 5.41) is 7.85. The SMILES string of the molecule is C=CC(=O)OCCCCOc1ccc(C(=O)OCCc2ccc(CCOC(=O)c3ccc(OCCCCOC(=O)C=C)cc3)c(C=N)c2)cc1. The van der Waals surface area contributed by atoms with E-state index in [1.54, 1.807) is 48.5 Å². The summed E-state index contributed by atoms with van der Waals surface area (Å²) in [4.78, 5) is 47.1. The molecule has 0 bridgehead atoms. The van der Waals surface area contributed by atoms with Gasteiger partial charge in [-0.05, 0) is 97.0 Å². The van der Waals surface area contributed by atoms with Gasteiger partial charge >= 0.3 is 23.9 Å². The molecule has 0 aliphatic carbocycles. The molecule has 11 heteroatoms. The van der Waals surface area contributed by atoms with Crippen LogP contribution in [-0.4, -0.2) is 69.7 Å². The van der Waals surface area contributed by atoms with E-state index in [9.17, 15) is 19.2 Å². The Kier molecular flexibility index (Phi) is 17.1. The van der Waals surface area contributed by atoms with Crippen molar-refractivity contribution in [2.75, 3.05) is 39.6 Å². The summed E-state index contributed by atoms with van der Waals surface area (Å²) in [5.74, 6) is -0.565. The van der Waals surface area contributed by atoms with Crippen LogP contribution in [0, 0.1) is 5.41 Å². The van der Waals surface area contributed by atoms with Crippen LogP contribution in [0.4, 0.5) is 0 Å². The molecule has 0 fully saturated rings. The number of nitrogens with one attached hydrogen (secondary N) is 1. The molecule has 0 radical (unpaired) electrons. The maximum atomic E-state index is 12.5. The summed E-state index contributed by atoms with van der Waals surface area (Å²) in [5.41, 5.74) is 3.25. The van der Waals surface area contributed by atoms with Gasteiger partial charge in [-0.3, -0.25) is 0 Å². The van der Waals surface area contributed by atoms with Crippen molar-refractivity contribution < 1.29 is 47.6 Å². The third kappa shape index (κ3) is 14.2. The van der Waals surface area contributed by atoms with Crippen molar-refractivity contribution in [1.29, 1.82) is 5.41 Å². The van der Waals surface area contributed by atoms with E-state index in [1.165, 1.54) is 6.21 Å². The Hall–Kier alpha value is -5.71. The zero-order valence-corrected chi connectivity index (χ0v) is 28.1.